The van der Waals surface area contributed by atoms with E-state index in [1.165, 1.54) is 6.08 Å². The fourth-order valence-corrected chi connectivity index (χ4v) is 3.18. The number of hydrogen-bond acceptors (Lipinski definition) is 5. The number of benzene rings is 1. The van der Waals surface area contributed by atoms with Gasteiger partial charge in [0.05, 0.1) is 11.4 Å². The lowest BCUT2D eigenvalue weighted by atomic mass is 9.86. The zero-order valence-electron chi connectivity index (χ0n) is 16.9. The van der Waals surface area contributed by atoms with Crippen LogP contribution in [0.4, 0.5) is 0 Å². The van der Waals surface area contributed by atoms with Gasteiger partial charge in [-0.3, -0.25) is 15.1 Å². The molecule has 0 spiro atoms. The van der Waals surface area contributed by atoms with Gasteiger partial charge < -0.3 is 5.41 Å². The Labute approximate surface area is 165 Å². The molecule has 0 saturated heterocycles. The summed E-state index contributed by atoms with van der Waals surface area (Å²) in [6, 6.07) is 7.77. The van der Waals surface area contributed by atoms with Crippen LogP contribution in [0, 0.1) is 5.41 Å². The quantitative estimate of drug-likeness (QED) is 0.240. The number of carbonyl (C=O) groups excluding carboxylic acids is 1. The van der Waals surface area contributed by atoms with E-state index in [9.17, 15) is 4.79 Å². The van der Waals surface area contributed by atoms with Gasteiger partial charge in [-0.1, -0.05) is 57.2 Å². The number of carbonyl (C=O) groups is 1. The summed E-state index contributed by atoms with van der Waals surface area (Å²) < 4.78 is 0. The van der Waals surface area contributed by atoms with Crippen molar-refractivity contribution in [1.29, 1.82) is 5.41 Å². The summed E-state index contributed by atoms with van der Waals surface area (Å²) >= 11 is 0. The van der Waals surface area contributed by atoms with Crippen molar-refractivity contribution in [2.24, 2.45) is 0 Å². The summed E-state index contributed by atoms with van der Waals surface area (Å²) in [5.74, 6) is -0.525. The van der Waals surface area contributed by atoms with Gasteiger partial charge in [0.15, 0.2) is 0 Å². The molecule has 1 heterocycles. The first-order chi connectivity index (χ1) is 13.3. The SMILES string of the molecule is CC[C@H](C(=N)CCc1nn[nH]c1C(C)(C)C)c1ccc(/C=C/C(=O)NO)cc1. The highest BCUT2D eigenvalue weighted by Gasteiger charge is 2.22. The van der Waals surface area contributed by atoms with Crippen molar-refractivity contribution >= 4 is 17.7 Å². The fraction of sp³-hybridized carbons (Fsp3) is 0.429. The molecule has 0 aliphatic carbocycles. The number of aromatic nitrogens is 3. The first-order valence-electron chi connectivity index (χ1n) is 9.46. The van der Waals surface area contributed by atoms with Crippen molar-refractivity contribution in [3.8, 4) is 0 Å². The number of H-pyrrole nitrogens is 1. The third-order valence-corrected chi connectivity index (χ3v) is 4.71. The number of rotatable bonds is 8. The van der Waals surface area contributed by atoms with E-state index in [1.807, 2.05) is 24.3 Å². The van der Waals surface area contributed by atoms with Gasteiger partial charge in [-0.15, -0.1) is 5.10 Å². The maximum atomic E-state index is 11.1. The van der Waals surface area contributed by atoms with Crippen molar-refractivity contribution in [3.63, 3.8) is 0 Å². The maximum Gasteiger partial charge on any atom is 0.267 e. The summed E-state index contributed by atoms with van der Waals surface area (Å²) in [4.78, 5) is 11.1. The Balaban J connectivity index is 2.04. The molecule has 7 heteroatoms. The van der Waals surface area contributed by atoms with E-state index in [-0.39, 0.29) is 11.3 Å². The van der Waals surface area contributed by atoms with Crippen LogP contribution >= 0.6 is 0 Å². The second-order valence-corrected chi connectivity index (χ2v) is 7.85. The molecule has 1 aromatic carbocycles. The van der Waals surface area contributed by atoms with Crippen molar-refractivity contribution in [1.82, 2.24) is 20.9 Å². The molecule has 0 fully saturated rings. The number of aromatic amines is 1. The molecular weight excluding hydrogens is 354 g/mol. The summed E-state index contributed by atoms with van der Waals surface area (Å²) in [6.07, 6.45) is 5.05. The second kappa shape index (κ2) is 9.41. The number of nitrogens with one attached hydrogen (secondary N) is 3. The molecule has 1 amide bonds. The standard InChI is InChI=1S/C21H29N5O2/c1-5-16(15-9-6-14(7-10-15)8-13-19(27)25-28)17(22)11-12-18-20(21(2,3)4)24-26-23-18/h6-10,13,16,22,28H,5,11-12H2,1-4H3,(H,25,27)(H,23,24,26)/b13-8+,22-17?/t16-/m0/s1. The lowest BCUT2D eigenvalue weighted by Gasteiger charge is -2.19. The van der Waals surface area contributed by atoms with E-state index in [2.05, 4.69) is 43.1 Å². The smallest absolute Gasteiger partial charge is 0.267 e. The minimum Gasteiger partial charge on any atom is -0.309 e. The lowest BCUT2D eigenvalue weighted by Crippen LogP contribution is -2.16. The highest BCUT2D eigenvalue weighted by molar-refractivity contribution is 5.91. The van der Waals surface area contributed by atoms with Crippen LogP contribution in [0.5, 0.6) is 0 Å². The first kappa shape index (κ1) is 21.5. The van der Waals surface area contributed by atoms with Crippen LogP contribution in [0.15, 0.2) is 30.3 Å². The van der Waals surface area contributed by atoms with Gasteiger partial charge in [-0.05, 0) is 36.5 Å². The molecule has 4 N–H and O–H groups in total. The van der Waals surface area contributed by atoms with Crippen LogP contribution < -0.4 is 5.48 Å². The molecule has 0 bridgehead atoms. The lowest BCUT2D eigenvalue weighted by molar-refractivity contribution is -0.124. The van der Waals surface area contributed by atoms with Gasteiger partial charge in [0.1, 0.15) is 0 Å². The number of aryl methyl sites for hydroxylation is 1. The molecule has 0 unspecified atom stereocenters. The average molecular weight is 383 g/mol. The van der Waals surface area contributed by atoms with Gasteiger partial charge in [-0.25, -0.2) is 5.48 Å². The summed E-state index contributed by atoms with van der Waals surface area (Å²) in [5.41, 5.74) is 6.06. The summed E-state index contributed by atoms with van der Waals surface area (Å²) in [6.45, 7) is 8.43. The van der Waals surface area contributed by atoms with E-state index in [0.717, 1.165) is 28.9 Å². The Morgan fingerprint density at radius 3 is 2.57 bits per heavy atom. The highest BCUT2D eigenvalue weighted by atomic mass is 16.5. The Kier molecular flexibility index (Phi) is 7.23. The Hall–Kier alpha value is -2.80. The van der Waals surface area contributed by atoms with Crippen LogP contribution in [0.25, 0.3) is 6.08 Å². The van der Waals surface area contributed by atoms with Crippen molar-refractivity contribution < 1.29 is 10.0 Å². The molecule has 150 valence electrons. The monoisotopic (exact) mass is 383 g/mol. The molecule has 0 aliphatic heterocycles. The number of hydrogen-bond donors (Lipinski definition) is 4. The van der Waals surface area contributed by atoms with Gasteiger partial charge in [0, 0.05) is 23.1 Å². The molecule has 0 radical (unpaired) electrons. The molecular formula is C21H29N5O2. The third kappa shape index (κ3) is 5.60. The van der Waals surface area contributed by atoms with Gasteiger partial charge in [0.25, 0.3) is 5.91 Å². The largest absolute Gasteiger partial charge is 0.309 e. The average Bonchev–Trinajstić information content (AvgIpc) is 3.15. The van der Waals surface area contributed by atoms with E-state index in [1.54, 1.807) is 11.6 Å². The number of nitrogens with zero attached hydrogens (tertiary/aromatic N) is 2. The Morgan fingerprint density at radius 2 is 2.00 bits per heavy atom. The van der Waals surface area contributed by atoms with Gasteiger partial charge in [0.2, 0.25) is 0 Å². The van der Waals surface area contributed by atoms with Crippen LogP contribution in [0.2, 0.25) is 0 Å². The normalized spacial score (nSPS) is 12.9. The van der Waals surface area contributed by atoms with Crippen molar-refractivity contribution in [2.75, 3.05) is 0 Å². The van der Waals surface area contributed by atoms with E-state index >= 15 is 0 Å². The van der Waals surface area contributed by atoms with Crippen LogP contribution in [0.1, 0.15) is 69.0 Å². The summed E-state index contributed by atoms with van der Waals surface area (Å²) in [5, 5.41) is 28.2. The first-order valence-corrected chi connectivity index (χ1v) is 9.46. The zero-order chi connectivity index (χ0) is 20.7. The predicted octanol–water partition coefficient (Wildman–Crippen LogP) is 3.77. The highest BCUT2D eigenvalue weighted by Crippen LogP contribution is 2.26. The third-order valence-electron chi connectivity index (χ3n) is 4.71. The summed E-state index contributed by atoms with van der Waals surface area (Å²) in [7, 11) is 0. The van der Waals surface area contributed by atoms with Gasteiger partial charge in [-0.2, -0.15) is 0 Å². The maximum absolute atomic E-state index is 11.1. The second-order valence-electron chi connectivity index (χ2n) is 7.85. The fourth-order valence-electron chi connectivity index (χ4n) is 3.18. The van der Waals surface area contributed by atoms with E-state index < -0.39 is 5.91 Å². The molecule has 2 aromatic rings. The minimum absolute atomic E-state index is 0.0451. The van der Waals surface area contributed by atoms with E-state index in [0.29, 0.717) is 18.6 Å². The van der Waals surface area contributed by atoms with Crippen LogP contribution in [0.3, 0.4) is 0 Å². The predicted molar refractivity (Wildman–Crippen MR) is 110 cm³/mol. The Bertz CT molecular complexity index is 831. The topological polar surface area (TPSA) is 115 Å². The Morgan fingerprint density at radius 1 is 1.32 bits per heavy atom. The van der Waals surface area contributed by atoms with Crippen LogP contribution in [-0.2, 0) is 16.6 Å². The molecule has 0 saturated carbocycles. The molecule has 1 atom stereocenters. The van der Waals surface area contributed by atoms with Gasteiger partial charge >= 0.3 is 0 Å². The zero-order valence-corrected chi connectivity index (χ0v) is 16.9. The van der Waals surface area contributed by atoms with Crippen molar-refractivity contribution in [2.45, 2.75) is 58.3 Å². The molecule has 7 nitrogen and oxygen atoms in total. The molecule has 0 aliphatic rings. The van der Waals surface area contributed by atoms with E-state index in [4.69, 9.17) is 10.6 Å². The number of amides is 1. The number of hydroxylamine groups is 1. The molecule has 2 rings (SSSR count). The molecule has 1 aromatic heterocycles. The van der Waals surface area contributed by atoms with Crippen LogP contribution in [-0.4, -0.2) is 32.2 Å². The molecule has 28 heavy (non-hydrogen) atoms. The minimum atomic E-state index is -0.570. The van der Waals surface area contributed by atoms with Crippen molar-refractivity contribution in [3.05, 3.63) is 52.9 Å².